The van der Waals surface area contributed by atoms with Gasteiger partial charge in [-0.1, -0.05) is 15.9 Å². The van der Waals surface area contributed by atoms with Gasteiger partial charge in [0, 0.05) is 15.7 Å². The van der Waals surface area contributed by atoms with E-state index in [1.807, 2.05) is 0 Å². The zero-order chi connectivity index (χ0) is 8.89. The molecule has 0 aromatic heterocycles. The molecule has 1 aromatic carbocycles. The van der Waals surface area contributed by atoms with Crippen LogP contribution < -0.4 is 5.32 Å². The van der Waals surface area contributed by atoms with Gasteiger partial charge in [-0.3, -0.25) is 0 Å². The lowest BCUT2D eigenvalue weighted by molar-refractivity contribution is 0.629. The molecule has 1 heterocycles. The molecular formula is C11H12BrN. The van der Waals surface area contributed by atoms with Gasteiger partial charge in [0.15, 0.2) is 0 Å². The Labute approximate surface area is 86.7 Å². The van der Waals surface area contributed by atoms with E-state index in [0.29, 0.717) is 5.54 Å². The standard InChI is InChI=1S/C11H12BrN/c12-9-1-2-10-8(7-9)3-4-11(13-10)5-6-11/h1-2,7,13H,3-6H2. The van der Waals surface area contributed by atoms with Crippen LogP contribution in [0.25, 0.3) is 0 Å². The fraction of sp³-hybridized carbons (Fsp3) is 0.455. The summed E-state index contributed by atoms with van der Waals surface area (Å²) in [4.78, 5) is 0. The van der Waals surface area contributed by atoms with Crippen LogP contribution in [0.4, 0.5) is 5.69 Å². The predicted octanol–water partition coefficient (Wildman–Crippen LogP) is 3.34. The predicted molar refractivity (Wildman–Crippen MR) is 58.1 cm³/mol. The lowest BCUT2D eigenvalue weighted by Crippen LogP contribution is -2.26. The van der Waals surface area contributed by atoms with E-state index in [1.165, 1.54) is 41.4 Å². The van der Waals surface area contributed by atoms with E-state index < -0.39 is 0 Å². The third-order valence-electron chi connectivity index (χ3n) is 3.19. The molecule has 0 saturated heterocycles. The van der Waals surface area contributed by atoms with Gasteiger partial charge in [-0.25, -0.2) is 0 Å². The number of benzene rings is 1. The van der Waals surface area contributed by atoms with E-state index >= 15 is 0 Å². The molecule has 0 amide bonds. The maximum Gasteiger partial charge on any atom is 0.0378 e. The third-order valence-corrected chi connectivity index (χ3v) is 3.69. The summed E-state index contributed by atoms with van der Waals surface area (Å²) in [5, 5.41) is 3.65. The molecule has 2 heteroatoms. The van der Waals surface area contributed by atoms with E-state index in [0.717, 1.165) is 0 Å². The summed E-state index contributed by atoms with van der Waals surface area (Å²) in [6.07, 6.45) is 5.28. The van der Waals surface area contributed by atoms with Crippen LogP contribution in [0.5, 0.6) is 0 Å². The highest BCUT2D eigenvalue weighted by Gasteiger charge is 2.44. The quantitative estimate of drug-likeness (QED) is 0.730. The van der Waals surface area contributed by atoms with Crippen molar-refractivity contribution < 1.29 is 0 Å². The molecule has 13 heavy (non-hydrogen) atoms. The van der Waals surface area contributed by atoms with Crippen LogP contribution >= 0.6 is 15.9 Å². The second kappa shape index (κ2) is 2.50. The van der Waals surface area contributed by atoms with Crippen molar-refractivity contribution in [1.29, 1.82) is 0 Å². The van der Waals surface area contributed by atoms with Crippen LogP contribution in [0.15, 0.2) is 22.7 Å². The fourth-order valence-electron chi connectivity index (χ4n) is 2.14. The van der Waals surface area contributed by atoms with Crippen molar-refractivity contribution in [2.24, 2.45) is 0 Å². The lowest BCUT2D eigenvalue weighted by atomic mass is 9.97. The number of hydrogen-bond acceptors (Lipinski definition) is 1. The molecule has 0 unspecified atom stereocenters. The molecule has 1 saturated carbocycles. The Kier molecular flexibility index (Phi) is 1.51. The number of rotatable bonds is 0. The molecule has 1 aromatic rings. The van der Waals surface area contributed by atoms with Gasteiger partial charge in [-0.05, 0) is 49.4 Å². The fourth-order valence-corrected chi connectivity index (χ4v) is 2.55. The molecule has 0 bridgehead atoms. The first-order valence-electron chi connectivity index (χ1n) is 4.84. The summed E-state index contributed by atoms with van der Waals surface area (Å²) in [6, 6.07) is 6.55. The number of anilines is 1. The van der Waals surface area contributed by atoms with Crippen molar-refractivity contribution in [3.63, 3.8) is 0 Å². The molecule has 1 nitrogen and oxygen atoms in total. The summed E-state index contributed by atoms with van der Waals surface area (Å²) >= 11 is 3.51. The average molecular weight is 238 g/mol. The number of fused-ring (bicyclic) bond motifs is 1. The minimum absolute atomic E-state index is 0.501. The highest BCUT2D eigenvalue weighted by molar-refractivity contribution is 9.10. The van der Waals surface area contributed by atoms with Crippen molar-refractivity contribution in [3.05, 3.63) is 28.2 Å². The average Bonchev–Trinajstić information content (AvgIpc) is 2.87. The van der Waals surface area contributed by atoms with Crippen molar-refractivity contribution in [3.8, 4) is 0 Å². The van der Waals surface area contributed by atoms with Gasteiger partial charge in [0.05, 0.1) is 0 Å². The number of hydrogen-bond donors (Lipinski definition) is 1. The Morgan fingerprint density at radius 2 is 2.08 bits per heavy atom. The third kappa shape index (κ3) is 1.28. The summed E-state index contributed by atoms with van der Waals surface area (Å²) in [6.45, 7) is 0. The largest absolute Gasteiger partial charge is 0.379 e. The van der Waals surface area contributed by atoms with Crippen molar-refractivity contribution in [1.82, 2.24) is 0 Å². The maximum atomic E-state index is 3.65. The van der Waals surface area contributed by atoms with Gasteiger partial charge in [-0.15, -0.1) is 0 Å². The highest BCUT2D eigenvalue weighted by atomic mass is 79.9. The van der Waals surface area contributed by atoms with Crippen molar-refractivity contribution in [2.75, 3.05) is 5.32 Å². The molecule has 1 aliphatic heterocycles. The first kappa shape index (κ1) is 7.86. The Bertz CT molecular complexity index is 355. The lowest BCUT2D eigenvalue weighted by Gasteiger charge is -2.26. The smallest absolute Gasteiger partial charge is 0.0378 e. The molecule has 68 valence electrons. The van der Waals surface area contributed by atoms with E-state index in [9.17, 15) is 0 Å². The van der Waals surface area contributed by atoms with E-state index in [1.54, 1.807) is 0 Å². The van der Waals surface area contributed by atoms with Gasteiger partial charge in [-0.2, -0.15) is 0 Å². The molecule has 1 spiro atoms. The summed E-state index contributed by atoms with van der Waals surface area (Å²) in [5.41, 5.74) is 3.32. The topological polar surface area (TPSA) is 12.0 Å². The normalized spacial score (nSPS) is 22.2. The van der Waals surface area contributed by atoms with Crippen molar-refractivity contribution in [2.45, 2.75) is 31.2 Å². The molecule has 2 aliphatic rings. The zero-order valence-electron chi connectivity index (χ0n) is 7.44. The van der Waals surface area contributed by atoms with Crippen LogP contribution in [0, 0.1) is 0 Å². The summed E-state index contributed by atoms with van der Waals surface area (Å²) < 4.78 is 1.19. The first-order chi connectivity index (χ1) is 6.27. The van der Waals surface area contributed by atoms with Gasteiger partial charge < -0.3 is 5.32 Å². The van der Waals surface area contributed by atoms with Crippen molar-refractivity contribution >= 4 is 21.6 Å². The van der Waals surface area contributed by atoms with Gasteiger partial charge in [0.25, 0.3) is 0 Å². The first-order valence-corrected chi connectivity index (χ1v) is 5.63. The number of aryl methyl sites for hydroxylation is 1. The number of halogens is 1. The molecule has 0 atom stereocenters. The monoisotopic (exact) mass is 237 g/mol. The Morgan fingerprint density at radius 1 is 1.23 bits per heavy atom. The molecule has 1 fully saturated rings. The molecule has 3 rings (SSSR count). The van der Waals surface area contributed by atoms with Crippen LogP contribution in [-0.2, 0) is 6.42 Å². The summed E-state index contributed by atoms with van der Waals surface area (Å²) in [5.74, 6) is 0. The second-order valence-electron chi connectivity index (χ2n) is 4.21. The Balaban J connectivity index is 2.00. The molecule has 0 radical (unpaired) electrons. The Morgan fingerprint density at radius 3 is 2.85 bits per heavy atom. The van der Waals surface area contributed by atoms with Crippen LogP contribution in [0.3, 0.4) is 0 Å². The van der Waals surface area contributed by atoms with Gasteiger partial charge >= 0.3 is 0 Å². The highest BCUT2D eigenvalue weighted by Crippen LogP contribution is 2.46. The summed E-state index contributed by atoms with van der Waals surface area (Å²) in [7, 11) is 0. The van der Waals surface area contributed by atoms with E-state index in [2.05, 4.69) is 39.4 Å². The van der Waals surface area contributed by atoms with Crippen LogP contribution in [0.2, 0.25) is 0 Å². The molecule has 1 aliphatic carbocycles. The second-order valence-corrected chi connectivity index (χ2v) is 5.12. The van der Waals surface area contributed by atoms with E-state index in [4.69, 9.17) is 0 Å². The maximum absolute atomic E-state index is 3.65. The molecule has 1 N–H and O–H groups in total. The van der Waals surface area contributed by atoms with Crippen LogP contribution in [-0.4, -0.2) is 5.54 Å². The Hall–Kier alpha value is -0.500. The minimum atomic E-state index is 0.501. The van der Waals surface area contributed by atoms with Gasteiger partial charge in [0.2, 0.25) is 0 Å². The minimum Gasteiger partial charge on any atom is -0.379 e. The van der Waals surface area contributed by atoms with E-state index in [-0.39, 0.29) is 0 Å². The SMILES string of the molecule is Brc1ccc2c(c1)CCC1(CC1)N2. The van der Waals surface area contributed by atoms with Gasteiger partial charge in [0.1, 0.15) is 0 Å². The molecular weight excluding hydrogens is 226 g/mol. The van der Waals surface area contributed by atoms with Crippen LogP contribution in [0.1, 0.15) is 24.8 Å². The number of nitrogens with one attached hydrogen (secondary N) is 1. The zero-order valence-corrected chi connectivity index (χ0v) is 9.02.